The zero-order valence-corrected chi connectivity index (χ0v) is 25.4. The fourth-order valence-electron chi connectivity index (χ4n) is 5.90. The molecule has 3 amide bonds. The van der Waals surface area contributed by atoms with Crippen molar-refractivity contribution in [2.75, 3.05) is 38.0 Å². The molecule has 3 N–H and O–H groups in total. The molecule has 1 aromatic rings. The number of nitrogens with one attached hydrogen (secondary N) is 2. The SMILES string of the molecule is CC[NH+](CC)CCN(CC(=O)N(C1CCCCC1)C1CCCCC1)C(=O)c1ccc(NC(C)=O)cc1.O=C([O-])C(=O)O. The van der Waals surface area contributed by atoms with E-state index >= 15 is 0 Å². The summed E-state index contributed by atoms with van der Waals surface area (Å²) in [5.74, 6) is -4.15. The maximum atomic E-state index is 13.9. The number of carbonyl (C=O) groups is 5. The molecule has 3 rings (SSSR count). The number of carbonyl (C=O) groups excluding carboxylic acids is 4. The van der Waals surface area contributed by atoms with Crippen molar-refractivity contribution >= 4 is 35.3 Å². The van der Waals surface area contributed by atoms with Gasteiger partial charge >= 0.3 is 5.97 Å². The van der Waals surface area contributed by atoms with E-state index in [9.17, 15) is 14.4 Å². The summed E-state index contributed by atoms with van der Waals surface area (Å²) in [5, 5.41) is 19.1. The molecule has 11 nitrogen and oxygen atoms in total. The second kappa shape index (κ2) is 18.1. The maximum absolute atomic E-state index is 13.9. The van der Waals surface area contributed by atoms with Crippen molar-refractivity contribution in [2.45, 2.75) is 97.1 Å². The predicted molar refractivity (Wildman–Crippen MR) is 157 cm³/mol. The van der Waals surface area contributed by atoms with Gasteiger partial charge in [0.15, 0.2) is 5.97 Å². The molecule has 2 fully saturated rings. The second-order valence-corrected chi connectivity index (χ2v) is 11.2. The van der Waals surface area contributed by atoms with Crippen LogP contribution in [0.2, 0.25) is 0 Å². The third kappa shape index (κ3) is 11.4. The van der Waals surface area contributed by atoms with Crippen molar-refractivity contribution in [3.63, 3.8) is 0 Å². The lowest BCUT2D eigenvalue weighted by molar-refractivity contribution is -0.895. The smallest absolute Gasteiger partial charge is 0.351 e. The number of aliphatic carboxylic acids is 2. The number of quaternary nitrogens is 1. The lowest BCUT2D eigenvalue weighted by Crippen LogP contribution is -3.12. The highest BCUT2D eigenvalue weighted by Gasteiger charge is 2.34. The van der Waals surface area contributed by atoms with Gasteiger partial charge in [0, 0.05) is 30.3 Å². The lowest BCUT2D eigenvalue weighted by atomic mass is 9.88. The molecule has 2 saturated carbocycles. The minimum atomic E-state index is -2.07. The first-order chi connectivity index (χ1) is 20.1. The van der Waals surface area contributed by atoms with Gasteiger partial charge in [0.25, 0.3) is 5.91 Å². The fourth-order valence-corrected chi connectivity index (χ4v) is 5.90. The number of carboxylic acid groups (broad SMARTS) is 2. The monoisotopic (exact) mass is 588 g/mol. The number of rotatable bonds is 11. The highest BCUT2D eigenvalue weighted by Crippen LogP contribution is 2.30. The van der Waals surface area contributed by atoms with Gasteiger partial charge in [0.1, 0.15) is 6.54 Å². The van der Waals surface area contributed by atoms with E-state index in [1.54, 1.807) is 29.2 Å². The minimum absolute atomic E-state index is 0.114. The van der Waals surface area contributed by atoms with E-state index in [0.717, 1.165) is 45.3 Å². The number of benzene rings is 1. The number of carboxylic acids is 2. The number of hydrogen-bond acceptors (Lipinski definition) is 6. The Balaban J connectivity index is 0.000000928. The summed E-state index contributed by atoms with van der Waals surface area (Å²) in [6.45, 7) is 9.28. The summed E-state index contributed by atoms with van der Waals surface area (Å²) in [6.07, 6.45) is 11.6. The Hall–Kier alpha value is -3.47. The van der Waals surface area contributed by atoms with Gasteiger partial charge in [-0.05, 0) is 63.8 Å². The fraction of sp³-hybridized carbons (Fsp3) is 0.645. The topological polar surface area (TPSA) is 152 Å². The number of amides is 3. The third-order valence-electron chi connectivity index (χ3n) is 8.20. The van der Waals surface area contributed by atoms with Crippen LogP contribution in [0.1, 0.15) is 95.3 Å². The quantitative estimate of drug-likeness (QED) is 0.330. The Kier molecular flexibility index (Phi) is 15.0. The van der Waals surface area contributed by atoms with Gasteiger partial charge < -0.3 is 35.0 Å². The van der Waals surface area contributed by atoms with Crippen LogP contribution in [0.3, 0.4) is 0 Å². The highest BCUT2D eigenvalue weighted by atomic mass is 16.4. The summed E-state index contributed by atoms with van der Waals surface area (Å²) in [5.41, 5.74) is 1.21. The molecule has 0 heterocycles. The Bertz CT molecular complexity index is 1000. The van der Waals surface area contributed by atoms with Crippen LogP contribution in [0.5, 0.6) is 0 Å². The third-order valence-corrected chi connectivity index (χ3v) is 8.20. The molecule has 0 radical (unpaired) electrons. The van der Waals surface area contributed by atoms with Crippen LogP contribution in [-0.2, 0) is 19.2 Å². The first kappa shape index (κ1) is 34.7. The van der Waals surface area contributed by atoms with Crippen LogP contribution < -0.4 is 15.3 Å². The van der Waals surface area contributed by atoms with Crippen molar-refractivity contribution in [3.8, 4) is 0 Å². The molecule has 0 spiro atoms. The highest BCUT2D eigenvalue weighted by molar-refractivity contribution is 6.26. The molecule has 2 aliphatic rings. The van der Waals surface area contributed by atoms with E-state index in [1.807, 2.05) is 0 Å². The van der Waals surface area contributed by atoms with Crippen molar-refractivity contribution in [3.05, 3.63) is 29.8 Å². The average Bonchev–Trinajstić information content (AvgIpc) is 2.98. The van der Waals surface area contributed by atoms with E-state index < -0.39 is 11.9 Å². The Morgan fingerprint density at radius 2 is 1.36 bits per heavy atom. The molecule has 234 valence electrons. The summed E-state index contributed by atoms with van der Waals surface area (Å²) < 4.78 is 0. The number of anilines is 1. The van der Waals surface area contributed by atoms with Crippen LogP contribution in [-0.4, -0.2) is 89.4 Å². The van der Waals surface area contributed by atoms with Crippen molar-refractivity contribution in [2.24, 2.45) is 0 Å². The summed E-state index contributed by atoms with van der Waals surface area (Å²) in [6, 6.07) is 7.62. The van der Waals surface area contributed by atoms with Crippen molar-refractivity contribution in [1.82, 2.24) is 9.80 Å². The molecule has 0 saturated heterocycles. The van der Waals surface area contributed by atoms with E-state index in [1.165, 1.54) is 50.3 Å². The Labute approximate surface area is 249 Å². The normalized spacial score (nSPS) is 15.7. The van der Waals surface area contributed by atoms with Crippen LogP contribution in [0, 0.1) is 0 Å². The van der Waals surface area contributed by atoms with E-state index in [-0.39, 0.29) is 24.3 Å². The largest absolute Gasteiger partial charge is 0.539 e. The summed E-state index contributed by atoms with van der Waals surface area (Å²) in [7, 11) is 0. The molecular formula is C31H48N4O7. The van der Waals surface area contributed by atoms with Gasteiger partial charge in [-0.15, -0.1) is 0 Å². The van der Waals surface area contributed by atoms with Gasteiger partial charge in [-0.2, -0.15) is 0 Å². The zero-order valence-electron chi connectivity index (χ0n) is 25.4. The van der Waals surface area contributed by atoms with E-state index in [4.69, 9.17) is 19.8 Å². The average molecular weight is 589 g/mol. The van der Waals surface area contributed by atoms with Crippen molar-refractivity contribution < 1.29 is 39.1 Å². The van der Waals surface area contributed by atoms with Crippen LogP contribution in [0.15, 0.2) is 24.3 Å². The van der Waals surface area contributed by atoms with Crippen LogP contribution >= 0.6 is 0 Å². The number of hydrogen-bond donors (Lipinski definition) is 3. The van der Waals surface area contributed by atoms with Gasteiger partial charge in [-0.3, -0.25) is 14.4 Å². The zero-order chi connectivity index (χ0) is 31.1. The van der Waals surface area contributed by atoms with Crippen LogP contribution in [0.25, 0.3) is 0 Å². The molecule has 1 aromatic carbocycles. The molecule has 0 bridgehead atoms. The molecule has 0 atom stereocenters. The standard InChI is InChI=1S/C29H46N4O3.C2H2O4/c1-4-31(5-2)20-21-32(29(36)24-16-18-25(19-17-24)30-23(3)34)22-28(35)33(26-12-8-6-9-13-26)27-14-10-7-11-15-27;3-1(4)2(5)6/h16-19,26-27H,4-15,20-22H2,1-3H3,(H,30,34);(H,3,4)(H,5,6). The predicted octanol–water partition coefficient (Wildman–Crippen LogP) is 1.33. The van der Waals surface area contributed by atoms with Gasteiger partial charge in [-0.25, -0.2) is 4.79 Å². The van der Waals surface area contributed by atoms with Gasteiger partial charge in [-0.1, -0.05) is 38.5 Å². The molecule has 0 unspecified atom stereocenters. The molecular weight excluding hydrogens is 540 g/mol. The number of likely N-dealkylation sites (N-methyl/N-ethyl adjacent to an activating group) is 1. The van der Waals surface area contributed by atoms with Gasteiger partial charge in [0.05, 0.1) is 26.2 Å². The first-order valence-corrected chi connectivity index (χ1v) is 15.3. The first-order valence-electron chi connectivity index (χ1n) is 15.3. The molecule has 2 aliphatic carbocycles. The van der Waals surface area contributed by atoms with E-state index in [0.29, 0.717) is 29.9 Å². The van der Waals surface area contributed by atoms with Crippen LogP contribution in [0.4, 0.5) is 5.69 Å². The molecule has 0 aliphatic heterocycles. The molecule has 42 heavy (non-hydrogen) atoms. The summed E-state index contributed by atoms with van der Waals surface area (Å²) in [4.78, 5) is 62.3. The number of nitrogens with zero attached hydrogens (tertiary/aromatic N) is 2. The summed E-state index contributed by atoms with van der Waals surface area (Å²) >= 11 is 0. The molecule has 11 heteroatoms. The van der Waals surface area contributed by atoms with E-state index in [2.05, 4.69) is 24.1 Å². The minimum Gasteiger partial charge on any atom is -0.539 e. The second-order valence-electron chi connectivity index (χ2n) is 11.2. The Morgan fingerprint density at radius 3 is 1.76 bits per heavy atom. The lowest BCUT2D eigenvalue weighted by Gasteiger charge is -2.42. The van der Waals surface area contributed by atoms with Crippen molar-refractivity contribution in [1.29, 1.82) is 0 Å². The molecule has 0 aromatic heterocycles. The Morgan fingerprint density at radius 1 is 0.881 bits per heavy atom. The van der Waals surface area contributed by atoms with Gasteiger partial charge in [0.2, 0.25) is 11.8 Å². The maximum Gasteiger partial charge on any atom is 0.351 e.